The van der Waals surface area contributed by atoms with Crippen molar-refractivity contribution in [3.63, 3.8) is 0 Å². The summed E-state index contributed by atoms with van der Waals surface area (Å²) in [6.45, 7) is 6.27. The van der Waals surface area contributed by atoms with Crippen LogP contribution in [-0.4, -0.2) is 44.1 Å². The summed E-state index contributed by atoms with van der Waals surface area (Å²) in [5.41, 5.74) is 0.317. The van der Waals surface area contributed by atoms with Crippen molar-refractivity contribution in [2.45, 2.75) is 57.4 Å². The predicted octanol–water partition coefficient (Wildman–Crippen LogP) is 3.12. The highest BCUT2D eigenvalue weighted by molar-refractivity contribution is 7.84. The van der Waals surface area contributed by atoms with Gasteiger partial charge in [-0.3, -0.25) is 9.19 Å². The molecule has 5 nitrogen and oxygen atoms in total. The second-order valence-electron chi connectivity index (χ2n) is 6.90. The summed E-state index contributed by atoms with van der Waals surface area (Å²) >= 11 is 0. The van der Waals surface area contributed by atoms with Gasteiger partial charge in [-0.05, 0) is 52.2 Å². The Morgan fingerprint density at radius 2 is 2.17 bits per heavy atom. The van der Waals surface area contributed by atoms with Crippen LogP contribution in [0.25, 0.3) is 0 Å². The molecule has 1 aromatic heterocycles. The van der Waals surface area contributed by atoms with Crippen LogP contribution in [0.3, 0.4) is 0 Å². The lowest BCUT2D eigenvalue weighted by Crippen LogP contribution is -2.48. The van der Waals surface area contributed by atoms with E-state index >= 15 is 0 Å². The van der Waals surface area contributed by atoms with Crippen LogP contribution >= 0.6 is 0 Å². The second-order valence-corrected chi connectivity index (χ2v) is 8.40. The van der Waals surface area contributed by atoms with E-state index in [1.54, 1.807) is 11.1 Å². The quantitative estimate of drug-likeness (QED) is 0.846. The zero-order valence-electron chi connectivity index (χ0n) is 14.2. The molecule has 2 rings (SSSR count). The maximum Gasteiger partial charge on any atom is 0.410 e. The lowest BCUT2D eigenvalue weighted by molar-refractivity contribution is 0.0125. The molecule has 1 amide bonds. The van der Waals surface area contributed by atoms with Gasteiger partial charge in [0.1, 0.15) is 5.60 Å². The average Bonchev–Trinajstić information content (AvgIpc) is 2.47. The van der Waals surface area contributed by atoms with E-state index in [1.165, 1.54) is 0 Å². The van der Waals surface area contributed by atoms with Gasteiger partial charge in [0.05, 0.1) is 11.4 Å². The molecular weight excluding hydrogens is 312 g/mol. The van der Waals surface area contributed by atoms with Gasteiger partial charge in [0.15, 0.2) is 0 Å². The molecule has 1 aliphatic rings. The van der Waals surface area contributed by atoms with Gasteiger partial charge in [-0.2, -0.15) is 0 Å². The van der Waals surface area contributed by atoms with Gasteiger partial charge in [0.25, 0.3) is 0 Å². The minimum Gasteiger partial charge on any atom is -0.444 e. The van der Waals surface area contributed by atoms with Crippen LogP contribution < -0.4 is 0 Å². The van der Waals surface area contributed by atoms with E-state index in [0.717, 1.165) is 25.0 Å². The van der Waals surface area contributed by atoms with E-state index in [9.17, 15) is 9.00 Å². The van der Waals surface area contributed by atoms with Crippen LogP contribution in [0.1, 0.15) is 45.7 Å². The second kappa shape index (κ2) is 7.90. The molecule has 0 bridgehead atoms. The topological polar surface area (TPSA) is 59.5 Å². The monoisotopic (exact) mass is 338 g/mol. The van der Waals surface area contributed by atoms with Gasteiger partial charge < -0.3 is 9.64 Å². The Balaban J connectivity index is 1.95. The summed E-state index contributed by atoms with van der Waals surface area (Å²) in [6.07, 6.45) is 4.33. The number of pyridine rings is 1. The summed E-state index contributed by atoms with van der Waals surface area (Å²) in [7, 11) is -1.04. The van der Waals surface area contributed by atoms with Crippen molar-refractivity contribution >= 4 is 16.9 Å². The van der Waals surface area contributed by atoms with Crippen LogP contribution in [-0.2, 0) is 21.3 Å². The lowest BCUT2D eigenvalue weighted by atomic mass is 10.0. The van der Waals surface area contributed by atoms with Crippen molar-refractivity contribution < 1.29 is 13.7 Å². The largest absolute Gasteiger partial charge is 0.444 e. The fourth-order valence-electron chi connectivity index (χ4n) is 2.66. The van der Waals surface area contributed by atoms with Crippen LogP contribution in [0.5, 0.6) is 0 Å². The number of piperidine rings is 1. The zero-order chi connectivity index (χ0) is 16.9. The summed E-state index contributed by atoms with van der Waals surface area (Å²) in [6, 6.07) is 5.61. The maximum absolute atomic E-state index is 12.4. The van der Waals surface area contributed by atoms with Crippen molar-refractivity contribution in [3.8, 4) is 0 Å². The van der Waals surface area contributed by atoms with E-state index in [2.05, 4.69) is 4.98 Å². The number of amides is 1. The molecule has 0 aliphatic carbocycles. The Kier molecular flexibility index (Phi) is 6.16. The first-order valence-electron chi connectivity index (χ1n) is 8.09. The number of hydrogen-bond donors (Lipinski definition) is 0. The molecule has 0 N–H and O–H groups in total. The van der Waals surface area contributed by atoms with Gasteiger partial charge in [-0.15, -0.1) is 0 Å². The molecule has 0 aromatic carbocycles. The Morgan fingerprint density at radius 3 is 2.83 bits per heavy atom. The third kappa shape index (κ3) is 5.94. The molecule has 1 fully saturated rings. The highest BCUT2D eigenvalue weighted by atomic mass is 32.2. The number of rotatable bonds is 4. The van der Waals surface area contributed by atoms with E-state index < -0.39 is 16.4 Å². The van der Waals surface area contributed by atoms with Gasteiger partial charge in [0, 0.05) is 35.3 Å². The van der Waals surface area contributed by atoms with E-state index in [0.29, 0.717) is 18.1 Å². The number of carbonyl (C=O) groups is 1. The molecule has 0 unspecified atom stereocenters. The molecular formula is C17H26N2O3S. The first-order valence-corrected chi connectivity index (χ1v) is 9.58. The third-order valence-electron chi connectivity index (χ3n) is 3.67. The summed E-state index contributed by atoms with van der Waals surface area (Å²) in [4.78, 5) is 18.3. The smallest absolute Gasteiger partial charge is 0.410 e. The van der Waals surface area contributed by atoms with Crippen molar-refractivity contribution in [1.82, 2.24) is 9.88 Å². The van der Waals surface area contributed by atoms with E-state index in [-0.39, 0.29) is 12.1 Å². The Hall–Kier alpha value is -1.43. The molecule has 1 aromatic rings. The van der Waals surface area contributed by atoms with Crippen molar-refractivity contribution in [2.75, 3.05) is 12.3 Å². The zero-order valence-corrected chi connectivity index (χ0v) is 15.0. The van der Waals surface area contributed by atoms with Crippen LogP contribution in [0.4, 0.5) is 4.79 Å². The highest BCUT2D eigenvalue weighted by Gasteiger charge is 2.31. The molecule has 1 saturated heterocycles. The normalized spacial score (nSPS) is 20.1. The van der Waals surface area contributed by atoms with Gasteiger partial charge in [0.2, 0.25) is 0 Å². The first-order chi connectivity index (χ1) is 10.8. The fourth-order valence-corrected chi connectivity index (χ4v) is 4.05. The average molecular weight is 338 g/mol. The minimum absolute atomic E-state index is 0.0110. The van der Waals surface area contributed by atoms with Gasteiger partial charge >= 0.3 is 6.09 Å². The summed E-state index contributed by atoms with van der Waals surface area (Å²) < 4.78 is 17.9. The molecule has 1 aliphatic heterocycles. The van der Waals surface area contributed by atoms with Gasteiger partial charge in [-0.25, -0.2) is 4.79 Å². The van der Waals surface area contributed by atoms with Gasteiger partial charge in [-0.1, -0.05) is 6.07 Å². The standard InChI is InChI=1S/C17H26N2O3S/c1-17(2,3)22-16(20)19-11-7-5-9-15(19)13-23(21)12-14-8-4-6-10-18-14/h4,6,8,10,15H,5,7,9,11-13H2,1-3H3/t15-,23+/m1/s1. The fraction of sp³-hybridized carbons (Fsp3) is 0.647. The first kappa shape index (κ1) is 17.9. The summed E-state index contributed by atoms with van der Waals surface area (Å²) in [5, 5.41) is 0. The molecule has 2 atom stereocenters. The maximum atomic E-state index is 12.4. The van der Waals surface area contributed by atoms with E-state index in [4.69, 9.17) is 4.74 Å². The predicted molar refractivity (Wildman–Crippen MR) is 91.5 cm³/mol. The molecule has 23 heavy (non-hydrogen) atoms. The molecule has 2 heterocycles. The molecule has 0 saturated carbocycles. The molecule has 128 valence electrons. The number of hydrogen-bond acceptors (Lipinski definition) is 4. The molecule has 0 spiro atoms. The molecule has 6 heteroatoms. The van der Waals surface area contributed by atoms with Crippen molar-refractivity contribution in [3.05, 3.63) is 30.1 Å². The minimum atomic E-state index is -1.04. The van der Waals surface area contributed by atoms with Crippen molar-refractivity contribution in [2.24, 2.45) is 0 Å². The van der Waals surface area contributed by atoms with Crippen LogP contribution in [0.2, 0.25) is 0 Å². The number of carbonyl (C=O) groups excluding carboxylic acids is 1. The van der Waals surface area contributed by atoms with Crippen LogP contribution in [0.15, 0.2) is 24.4 Å². The molecule has 0 radical (unpaired) electrons. The Morgan fingerprint density at radius 1 is 1.39 bits per heavy atom. The number of aromatic nitrogens is 1. The lowest BCUT2D eigenvalue weighted by Gasteiger charge is -2.36. The highest BCUT2D eigenvalue weighted by Crippen LogP contribution is 2.21. The van der Waals surface area contributed by atoms with Crippen LogP contribution in [0, 0.1) is 0 Å². The Labute approximate surface area is 140 Å². The third-order valence-corrected chi connectivity index (χ3v) is 5.04. The Bertz CT molecular complexity index is 543. The SMILES string of the molecule is CC(C)(C)OC(=O)N1CCCC[C@@H]1C[S@@](=O)Cc1ccccn1. The van der Waals surface area contributed by atoms with Crippen molar-refractivity contribution in [1.29, 1.82) is 0 Å². The number of likely N-dealkylation sites (tertiary alicyclic amines) is 1. The number of ether oxygens (including phenoxy) is 1. The summed E-state index contributed by atoms with van der Waals surface area (Å²) in [5.74, 6) is 0.912. The number of nitrogens with zero attached hydrogens (tertiary/aromatic N) is 2. The van der Waals surface area contributed by atoms with E-state index in [1.807, 2.05) is 39.0 Å².